The second-order valence-corrected chi connectivity index (χ2v) is 0.611. The van der Waals surface area contributed by atoms with E-state index < -0.39 is 0 Å². The van der Waals surface area contributed by atoms with Crippen molar-refractivity contribution in [3.63, 3.8) is 0 Å². The fraction of sp³-hybridized carbons (Fsp3) is 0.500. The first-order valence-electron chi connectivity index (χ1n) is 0.993. The third kappa shape index (κ3) is 391. The van der Waals surface area contributed by atoms with Gasteiger partial charge < -0.3 is 5.73 Å². The smallest absolute Gasteiger partial charge is 0.214 e. The van der Waals surface area contributed by atoms with Gasteiger partial charge in [0.1, 0.15) is 0 Å². The zero-order valence-electron chi connectivity index (χ0n) is 2.89. The molecule has 0 aromatic rings. The van der Waals surface area contributed by atoms with E-state index in [1.807, 2.05) is 0 Å². The molecule has 0 aromatic carbocycles. The monoisotopic (exact) mass is 91.0 g/mol. The number of carbonyl (C=O) groups excluding carboxylic acids is 1. The summed E-state index contributed by atoms with van der Waals surface area (Å²) in [6, 6.07) is 0. The van der Waals surface area contributed by atoms with Crippen molar-refractivity contribution in [2.45, 2.75) is 6.92 Å². The molecule has 0 saturated carbocycles. The predicted octanol–water partition coefficient (Wildman–Crippen LogP) is 0.140. The molecule has 0 saturated heterocycles. The van der Waals surface area contributed by atoms with Crippen LogP contribution in [0.5, 0.6) is 0 Å². The number of carbonyl (C=O) groups is 1. The van der Waals surface area contributed by atoms with Crippen LogP contribution in [0.25, 0.3) is 0 Å². The summed E-state index contributed by atoms with van der Waals surface area (Å²) >= 11 is 0. The molecular weight excluding hydrogens is 86.1 g/mol. The Morgan fingerprint density at radius 1 is 1.80 bits per heavy atom. The molecule has 30 valence electrons. The topological polar surface area (TPSA) is 43.1 Å². The van der Waals surface area contributed by atoms with E-state index in [2.05, 4.69) is 5.73 Å². The van der Waals surface area contributed by atoms with Crippen molar-refractivity contribution in [3.8, 4) is 0 Å². The maximum atomic E-state index is 9.22. The number of hydrogen-bond donors (Lipinski definition) is 1. The maximum absolute atomic E-state index is 9.22. The summed E-state index contributed by atoms with van der Waals surface area (Å²) in [6.07, 6.45) is 0. The maximum Gasteiger partial charge on any atom is 0.214 e. The van der Waals surface area contributed by atoms with Crippen LogP contribution in [0.1, 0.15) is 6.92 Å². The minimum atomic E-state index is -0.333. The van der Waals surface area contributed by atoms with Gasteiger partial charge in [-0.2, -0.15) is 0 Å². The Bertz CT molecular complexity index is 32.6. The first kappa shape index (κ1) is 8.84. The molecule has 3 heteroatoms. The molecule has 0 aliphatic carbocycles. The molecule has 0 atom stereocenters. The highest BCUT2D eigenvalue weighted by atomic mass is 32.1. The molecule has 0 bridgehead atoms. The van der Waals surface area contributed by atoms with Crippen LogP contribution in [-0.2, 0) is 4.79 Å². The molecule has 0 fully saturated rings. The van der Waals surface area contributed by atoms with E-state index in [4.69, 9.17) is 0 Å². The summed E-state index contributed by atoms with van der Waals surface area (Å²) in [5.74, 6) is -0.333. The van der Waals surface area contributed by atoms with Crippen molar-refractivity contribution < 1.29 is 4.79 Å². The highest BCUT2D eigenvalue weighted by Gasteiger charge is 1.61. The largest absolute Gasteiger partial charge is 0.370 e. The van der Waals surface area contributed by atoms with Gasteiger partial charge >= 0.3 is 0 Å². The summed E-state index contributed by atoms with van der Waals surface area (Å²) < 4.78 is 0. The SMILES string of the molecule is CC(N)=O.[S]. The van der Waals surface area contributed by atoms with E-state index in [9.17, 15) is 4.79 Å². The van der Waals surface area contributed by atoms with Crippen molar-refractivity contribution in [1.29, 1.82) is 0 Å². The van der Waals surface area contributed by atoms with Gasteiger partial charge in [0.2, 0.25) is 5.91 Å². The summed E-state index contributed by atoms with van der Waals surface area (Å²) in [4.78, 5) is 9.22. The quantitative estimate of drug-likeness (QED) is 0.452. The number of primary amides is 1. The first-order chi connectivity index (χ1) is 1.73. The number of hydrogen-bond acceptors (Lipinski definition) is 1. The lowest BCUT2D eigenvalue weighted by Crippen LogP contribution is -2.01. The van der Waals surface area contributed by atoms with E-state index in [1.54, 1.807) is 0 Å². The minimum Gasteiger partial charge on any atom is -0.370 e. The van der Waals surface area contributed by atoms with Crippen LogP contribution in [0.3, 0.4) is 0 Å². The van der Waals surface area contributed by atoms with Crippen LogP contribution in [-0.4, -0.2) is 5.91 Å². The van der Waals surface area contributed by atoms with Crippen LogP contribution in [0.15, 0.2) is 0 Å². The Kier molecular flexibility index (Phi) is 6.76. The zero-order chi connectivity index (χ0) is 3.58. The number of nitrogens with two attached hydrogens (primary N) is 1. The summed E-state index contributed by atoms with van der Waals surface area (Å²) in [5.41, 5.74) is 4.47. The Balaban J connectivity index is 0. The van der Waals surface area contributed by atoms with Gasteiger partial charge in [-0.15, -0.1) is 0 Å². The van der Waals surface area contributed by atoms with Crippen LogP contribution >= 0.6 is 13.5 Å². The van der Waals surface area contributed by atoms with Gasteiger partial charge in [-0.25, -0.2) is 0 Å². The molecule has 0 aromatic heterocycles. The second kappa shape index (κ2) is 3.82. The Morgan fingerprint density at radius 2 is 1.80 bits per heavy atom. The highest BCUT2D eigenvalue weighted by Crippen LogP contribution is 1.33. The lowest BCUT2D eigenvalue weighted by molar-refractivity contribution is -0.115. The van der Waals surface area contributed by atoms with Crippen LogP contribution in [0, 0.1) is 0 Å². The number of rotatable bonds is 0. The third-order valence-corrected chi connectivity index (χ3v) is 0. The fourth-order valence-corrected chi connectivity index (χ4v) is 0. The minimum absolute atomic E-state index is 0. The molecule has 0 unspecified atom stereocenters. The van der Waals surface area contributed by atoms with Crippen molar-refractivity contribution in [2.75, 3.05) is 0 Å². The van der Waals surface area contributed by atoms with E-state index in [1.165, 1.54) is 6.92 Å². The van der Waals surface area contributed by atoms with Crippen molar-refractivity contribution >= 4 is 19.4 Å². The zero-order valence-corrected chi connectivity index (χ0v) is 3.71. The molecule has 0 heterocycles. The van der Waals surface area contributed by atoms with Gasteiger partial charge in [-0.3, -0.25) is 4.79 Å². The standard InChI is InChI=1S/C2H5NO.S/c1-2(3)4;/h1H3,(H2,3,4);. The molecule has 0 rings (SSSR count). The van der Waals surface area contributed by atoms with E-state index >= 15 is 0 Å². The van der Waals surface area contributed by atoms with E-state index in [-0.39, 0.29) is 19.4 Å². The molecular formula is C2H5NOS. The number of amides is 1. The first-order valence-corrected chi connectivity index (χ1v) is 0.993. The van der Waals surface area contributed by atoms with Gasteiger partial charge in [-0.05, 0) is 0 Å². The highest BCUT2D eigenvalue weighted by molar-refractivity contribution is 7.59. The lowest BCUT2D eigenvalue weighted by Gasteiger charge is -1.60. The van der Waals surface area contributed by atoms with Gasteiger partial charge in [-0.1, -0.05) is 0 Å². The molecule has 0 aliphatic rings. The van der Waals surface area contributed by atoms with E-state index in [0.717, 1.165) is 0 Å². The molecule has 5 heavy (non-hydrogen) atoms. The molecule has 1 amide bonds. The Labute approximate surface area is 37.8 Å². The summed E-state index contributed by atoms with van der Waals surface area (Å²) in [6.45, 7) is 1.31. The van der Waals surface area contributed by atoms with Crippen molar-refractivity contribution in [2.24, 2.45) is 5.73 Å². The normalized spacial score (nSPS) is 5.00. The van der Waals surface area contributed by atoms with Gasteiger partial charge in [0.25, 0.3) is 0 Å². The van der Waals surface area contributed by atoms with Gasteiger partial charge in [0.05, 0.1) is 0 Å². The summed E-state index contributed by atoms with van der Waals surface area (Å²) in [7, 11) is 0. The average molecular weight is 91.1 g/mol. The second-order valence-electron chi connectivity index (χ2n) is 0.611. The molecule has 0 spiro atoms. The molecule has 0 aliphatic heterocycles. The third-order valence-electron chi connectivity index (χ3n) is 0. The van der Waals surface area contributed by atoms with Crippen molar-refractivity contribution in [3.05, 3.63) is 0 Å². The van der Waals surface area contributed by atoms with Crippen LogP contribution in [0.4, 0.5) is 0 Å². The van der Waals surface area contributed by atoms with E-state index in [0.29, 0.717) is 0 Å². The Hall–Kier alpha value is -0.180. The Morgan fingerprint density at radius 3 is 1.80 bits per heavy atom. The summed E-state index contributed by atoms with van der Waals surface area (Å²) in [5, 5.41) is 0. The van der Waals surface area contributed by atoms with Gasteiger partial charge in [0.15, 0.2) is 0 Å². The van der Waals surface area contributed by atoms with Crippen LogP contribution in [0.2, 0.25) is 0 Å². The predicted molar refractivity (Wildman–Crippen MR) is 22.5 cm³/mol. The van der Waals surface area contributed by atoms with Crippen molar-refractivity contribution in [1.82, 2.24) is 0 Å². The molecule has 2 nitrogen and oxygen atoms in total. The van der Waals surface area contributed by atoms with Crippen LogP contribution < -0.4 is 5.73 Å². The average Bonchev–Trinajstić information content (AvgIpc) is 0.811. The molecule has 2 N–H and O–H groups in total. The lowest BCUT2D eigenvalue weighted by atomic mass is 10.8. The fourth-order valence-electron chi connectivity index (χ4n) is 0. The molecule has 2 radical (unpaired) electrons. The van der Waals surface area contributed by atoms with Gasteiger partial charge in [0, 0.05) is 20.4 Å².